The fraction of sp³-hybridized carbons (Fsp3) is 0.550. The van der Waals surface area contributed by atoms with Gasteiger partial charge in [0, 0.05) is 37.3 Å². The van der Waals surface area contributed by atoms with E-state index in [0.29, 0.717) is 32.7 Å². The molecule has 0 bridgehead atoms. The van der Waals surface area contributed by atoms with Gasteiger partial charge in [-0.2, -0.15) is 0 Å². The van der Waals surface area contributed by atoms with Crippen LogP contribution in [0.1, 0.15) is 42.2 Å². The normalized spacial score (nSPS) is 26.4. The number of benzene rings is 1. The zero-order chi connectivity index (χ0) is 20.0. The molecule has 0 amide bonds. The van der Waals surface area contributed by atoms with E-state index in [4.69, 9.17) is 10.5 Å². The molecule has 1 aromatic heterocycles. The summed E-state index contributed by atoms with van der Waals surface area (Å²) < 4.78 is 35.6. The van der Waals surface area contributed by atoms with Crippen molar-refractivity contribution >= 4 is 0 Å². The number of ether oxygens (including phenoxy) is 1. The van der Waals surface area contributed by atoms with E-state index < -0.39 is 29.9 Å². The van der Waals surface area contributed by atoms with Crippen LogP contribution in [0.4, 0.5) is 8.78 Å². The van der Waals surface area contributed by atoms with Gasteiger partial charge in [0.15, 0.2) is 0 Å². The average molecular weight is 392 g/mol. The molecule has 1 saturated heterocycles. The van der Waals surface area contributed by atoms with Crippen LogP contribution in [-0.2, 0) is 24.4 Å². The van der Waals surface area contributed by atoms with Crippen molar-refractivity contribution in [3.8, 4) is 0 Å². The van der Waals surface area contributed by atoms with E-state index in [2.05, 4.69) is 14.5 Å². The van der Waals surface area contributed by atoms with Crippen molar-refractivity contribution in [1.82, 2.24) is 14.5 Å². The molecule has 0 spiro atoms. The van der Waals surface area contributed by atoms with Crippen LogP contribution in [0.15, 0.2) is 18.2 Å². The summed E-state index contributed by atoms with van der Waals surface area (Å²) in [5.41, 5.74) is 8.61. The quantitative estimate of drug-likeness (QED) is 0.833. The summed E-state index contributed by atoms with van der Waals surface area (Å²) in [6.45, 7) is 6.03. The third-order valence-electron chi connectivity index (χ3n) is 5.68. The first-order chi connectivity index (χ1) is 13.3. The molecule has 2 aliphatic rings. The predicted molar refractivity (Wildman–Crippen MR) is 99.3 cm³/mol. The lowest BCUT2D eigenvalue weighted by molar-refractivity contribution is -0.0535. The number of fused-ring (bicyclic) bond motifs is 1. The highest BCUT2D eigenvalue weighted by Gasteiger charge is 2.37. The Kier molecular flexibility index (Phi) is 5.22. The Morgan fingerprint density at radius 1 is 1.36 bits per heavy atom. The molecular formula is C20H26F2N4O2. The molecule has 0 aliphatic carbocycles. The number of aliphatic hydroxyl groups is 1. The van der Waals surface area contributed by atoms with Crippen LogP contribution >= 0.6 is 0 Å². The maximum atomic E-state index is 14.1. The van der Waals surface area contributed by atoms with Crippen LogP contribution in [-0.4, -0.2) is 44.4 Å². The number of rotatable bonds is 4. The molecule has 6 nitrogen and oxygen atoms in total. The molecule has 152 valence electrons. The second kappa shape index (κ2) is 7.51. The minimum Gasteiger partial charge on any atom is -0.392 e. The highest BCUT2D eigenvalue weighted by Crippen LogP contribution is 2.34. The van der Waals surface area contributed by atoms with Gasteiger partial charge in [-0.3, -0.25) is 4.90 Å². The van der Waals surface area contributed by atoms with Gasteiger partial charge < -0.3 is 20.1 Å². The summed E-state index contributed by atoms with van der Waals surface area (Å²) in [6, 6.07) is 3.02. The van der Waals surface area contributed by atoms with E-state index in [1.165, 1.54) is 0 Å². The van der Waals surface area contributed by atoms with Crippen molar-refractivity contribution in [3.63, 3.8) is 0 Å². The highest BCUT2D eigenvalue weighted by molar-refractivity contribution is 5.24. The maximum absolute atomic E-state index is 14.1. The molecule has 2 aromatic rings. The lowest BCUT2D eigenvalue weighted by Crippen LogP contribution is -2.48. The summed E-state index contributed by atoms with van der Waals surface area (Å²) in [5.74, 6) is -0.0922. The monoisotopic (exact) mass is 392 g/mol. The molecule has 3 heterocycles. The number of hydrogen-bond acceptors (Lipinski definition) is 5. The fourth-order valence-electron chi connectivity index (χ4n) is 4.33. The summed E-state index contributed by atoms with van der Waals surface area (Å²) in [6.07, 6.45) is -0.471. The SMILES string of the molecule is Cc1nc2c(n1CC(C)O)CN([C@H]1CO[C@H](c3cc(F)ccc3F)[C@@H](N)C1)C2. The molecule has 0 radical (unpaired) electrons. The van der Waals surface area contributed by atoms with Crippen molar-refractivity contribution < 1.29 is 18.6 Å². The predicted octanol–water partition coefficient (Wildman–Crippen LogP) is 2.02. The number of imidazole rings is 1. The number of hydrogen-bond donors (Lipinski definition) is 2. The highest BCUT2D eigenvalue weighted by atomic mass is 19.1. The third-order valence-corrected chi connectivity index (χ3v) is 5.68. The number of aliphatic hydroxyl groups excluding tert-OH is 1. The van der Waals surface area contributed by atoms with E-state index in [0.717, 1.165) is 35.4 Å². The van der Waals surface area contributed by atoms with Gasteiger partial charge in [-0.1, -0.05) is 0 Å². The van der Waals surface area contributed by atoms with E-state index >= 15 is 0 Å². The number of aryl methyl sites for hydroxylation is 1. The molecule has 1 aromatic carbocycles. The second-order valence-electron chi connectivity index (χ2n) is 7.89. The molecule has 3 N–H and O–H groups in total. The number of nitrogens with zero attached hydrogens (tertiary/aromatic N) is 3. The first-order valence-electron chi connectivity index (χ1n) is 9.62. The fourth-order valence-corrected chi connectivity index (χ4v) is 4.33. The standard InChI is InChI=1S/C20H26F2N4O2/c1-11(27)7-26-12(2)24-18-8-25(9-19(18)26)14-6-17(23)20(28-10-14)15-5-13(21)3-4-16(15)22/h3-5,11,14,17,20,27H,6-10,23H2,1-2H3/t11?,14-,17+,20-/m1/s1. The Labute approximate surface area is 162 Å². The molecule has 1 unspecified atom stereocenters. The van der Waals surface area contributed by atoms with Crippen molar-refractivity contribution in [2.75, 3.05) is 6.61 Å². The molecule has 1 fully saturated rings. The Morgan fingerprint density at radius 2 is 2.14 bits per heavy atom. The zero-order valence-corrected chi connectivity index (χ0v) is 16.1. The summed E-state index contributed by atoms with van der Waals surface area (Å²) >= 11 is 0. The zero-order valence-electron chi connectivity index (χ0n) is 16.1. The minimum absolute atomic E-state index is 0.0809. The van der Waals surface area contributed by atoms with Gasteiger partial charge in [-0.15, -0.1) is 0 Å². The largest absolute Gasteiger partial charge is 0.392 e. The molecule has 28 heavy (non-hydrogen) atoms. The first kappa shape index (κ1) is 19.4. The average Bonchev–Trinajstić information content (AvgIpc) is 3.16. The summed E-state index contributed by atoms with van der Waals surface area (Å²) in [5, 5.41) is 9.75. The van der Waals surface area contributed by atoms with E-state index in [-0.39, 0.29) is 11.6 Å². The molecule has 4 rings (SSSR count). The van der Waals surface area contributed by atoms with Crippen LogP contribution in [0.25, 0.3) is 0 Å². The van der Waals surface area contributed by atoms with E-state index in [9.17, 15) is 13.9 Å². The molecule has 2 aliphatic heterocycles. The number of nitrogens with two attached hydrogens (primary N) is 1. The first-order valence-corrected chi connectivity index (χ1v) is 9.62. The van der Waals surface area contributed by atoms with E-state index in [1.54, 1.807) is 6.92 Å². The van der Waals surface area contributed by atoms with Crippen LogP contribution in [0.3, 0.4) is 0 Å². The maximum Gasteiger partial charge on any atom is 0.129 e. The Morgan fingerprint density at radius 3 is 2.86 bits per heavy atom. The second-order valence-corrected chi connectivity index (χ2v) is 7.89. The van der Waals surface area contributed by atoms with E-state index in [1.807, 2.05) is 6.92 Å². The minimum atomic E-state index is -0.652. The van der Waals surface area contributed by atoms with Crippen molar-refractivity contribution in [1.29, 1.82) is 0 Å². The van der Waals surface area contributed by atoms with Gasteiger partial charge in [-0.25, -0.2) is 13.8 Å². The van der Waals surface area contributed by atoms with Gasteiger partial charge in [0.1, 0.15) is 23.6 Å². The third kappa shape index (κ3) is 3.57. The smallest absolute Gasteiger partial charge is 0.129 e. The molecular weight excluding hydrogens is 366 g/mol. The number of halogens is 2. The number of aromatic nitrogens is 2. The summed E-state index contributed by atoms with van der Waals surface area (Å²) in [7, 11) is 0. The van der Waals surface area contributed by atoms with Gasteiger partial charge in [-0.05, 0) is 38.5 Å². The Bertz CT molecular complexity index is 870. The van der Waals surface area contributed by atoms with Gasteiger partial charge in [0.05, 0.1) is 24.1 Å². The lowest BCUT2D eigenvalue weighted by Gasteiger charge is -2.38. The van der Waals surface area contributed by atoms with Crippen molar-refractivity contribution in [2.45, 2.75) is 64.2 Å². The van der Waals surface area contributed by atoms with Crippen LogP contribution in [0.5, 0.6) is 0 Å². The topological polar surface area (TPSA) is 76.5 Å². The van der Waals surface area contributed by atoms with Crippen molar-refractivity contribution in [3.05, 3.63) is 52.6 Å². The lowest BCUT2D eigenvalue weighted by atomic mass is 9.93. The van der Waals surface area contributed by atoms with Crippen LogP contribution in [0.2, 0.25) is 0 Å². The van der Waals surface area contributed by atoms with Crippen LogP contribution in [0, 0.1) is 18.6 Å². The molecule has 4 atom stereocenters. The Hall–Kier alpha value is -1.87. The van der Waals surface area contributed by atoms with Crippen LogP contribution < -0.4 is 5.73 Å². The van der Waals surface area contributed by atoms with Crippen molar-refractivity contribution in [2.24, 2.45) is 5.73 Å². The van der Waals surface area contributed by atoms with Gasteiger partial charge in [0.25, 0.3) is 0 Å². The van der Waals surface area contributed by atoms with Gasteiger partial charge in [0.2, 0.25) is 0 Å². The summed E-state index contributed by atoms with van der Waals surface area (Å²) in [4.78, 5) is 6.90. The molecule has 8 heteroatoms. The van der Waals surface area contributed by atoms with Gasteiger partial charge >= 0.3 is 0 Å². The Balaban J connectivity index is 1.45. The molecule has 0 saturated carbocycles.